The van der Waals surface area contributed by atoms with Gasteiger partial charge in [0.05, 0.1) is 19.3 Å². The molecule has 1 amide bonds. The predicted octanol–water partition coefficient (Wildman–Crippen LogP) is -1.81. The maximum absolute atomic E-state index is 11.0. The van der Waals surface area contributed by atoms with Gasteiger partial charge < -0.3 is 21.3 Å². The van der Waals surface area contributed by atoms with Gasteiger partial charge in [-0.3, -0.25) is 4.79 Å². The van der Waals surface area contributed by atoms with E-state index in [4.69, 9.17) is 15.9 Å². The fourth-order valence-corrected chi connectivity index (χ4v) is 0.728. The lowest BCUT2D eigenvalue weighted by Gasteiger charge is -2.13. The highest BCUT2D eigenvalue weighted by Gasteiger charge is 2.10. The van der Waals surface area contributed by atoms with Crippen molar-refractivity contribution in [2.24, 2.45) is 5.73 Å². The highest BCUT2D eigenvalue weighted by Crippen LogP contribution is 1.88. The van der Waals surface area contributed by atoms with Gasteiger partial charge in [-0.25, -0.2) is 0 Å². The van der Waals surface area contributed by atoms with Gasteiger partial charge in [0.25, 0.3) is 0 Å². The molecule has 0 bridgehead atoms. The number of aliphatic hydroxyl groups is 2. The van der Waals surface area contributed by atoms with Gasteiger partial charge in [0.15, 0.2) is 0 Å². The van der Waals surface area contributed by atoms with Crippen LogP contribution < -0.4 is 11.1 Å². The lowest BCUT2D eigenvalue weighted by molar-refractivity contribution is -0.122. The van der Waals surface area contributed by atoms with Crippen molar-refractivity contribution in [3.8, 4) is 0 Å². The lowest BCUT2D eigenvalue weighted by Crippen LogP contribution is -2.41. The minimum Gasteiger partial charge on any atom is -0.394 e. The van der Waals surface area contributed by atoms with Crippen molar-refractivity contribution in [3.05, 3.63) is 0 Å². The number of hydrogen-bond donors (Lipinski definition) is 4. The minimum atomic E-state index is -0.573. The Morgan fingerprint density at radius 2 is 2.00 bits per heavy atom. The molecule has 0 heterocycles. The Labute approximate surface area is 71.6 Å². The number of carbonyl (C=O) groups excluding carboxylic acids is 1. The van der Waals surface area contributed by atoms with Crippen LogP contribution in [-0.4, -0.2) is 41.4 Å². The highest BCUT2D eigenvalue weighted by atomic mass is 16.3. The van der Waals surface area contributed by atoms with E-state index in [2.05, 4.69) is 5.32 Å². The zero-order chi connectivity index (χ0) is 9.56. The topological polar surface area (TPSA) is 95.6 Å². The Morgan fingerprint density at radius 3 is 2.33 bits per heavy atom. The first kappa shape index (κ1) is 11.4. The molecule has 0 aromatic carbocycles. The van der Waals surface area contributed by atoms with Crippen LogP contribution in [-0.2, 0) is 4.79 Å². The molecule has 5 N–H and O–H groups in total. The van der Waals surface area contributed by atoms with Crippen LogP contribution in [0.2, 0.25) is 0 Å². The molecule has 12 heavy (non-hydrogen) atoms. The summed E-state index contributed by atoms with van der Waals surface area (Å²) in [6.07, 6.45) is 0.205. The smallest absolute Gasteiger partial charge is 0.221 e. The molecule has 1 unspecified atom stereocenters. The number of hydrogen-bond acceptors (Lipinski definition) is 4. The molecule has 0 aromatic heterocycles. The van der Waals surface area contributed by atoms with E-state index in [-0.39, 0.29) is 31.6 Å². The molecule has 0 radical (unpaired) electrons. The summed E-state index contributed by atoms with van der Waals surface area (Å²) in [7, 11) is 0. The minimum absolute atomic E-state index is 0.205. The first-order chi connectivity index (χ1) is 5.60. The van der Waals surface area contributed by atoms with Crippen LogP contribution in [0.25, 0.3) is 0 Å². The second-order valence-corrected chi connectivity index (χ2v) is 2.81. The summed E-state index contributed by atoms with van der Waals surface area (Å²) in [6.45, 7) is 1.19. The van der Waals surface area contributed by atoms with Gasteiger partial charge in [-0.15, -0.1) is 0 Å². The van der Waals surface area contributed by atoms with Crippen molar-refractivity contribution < 1.29 is 15.0 Å². The number of nitrogens with two attached hydrogens (primary N) is 1. The molecular formula is C7H16N2O3. The summed E-state index contributed by atoms with van der Waals surface area (Å²) in [5.41, 5.74) is 5.37. The molecule has 0 aromatic rings. The zero-order valence-corrected chi connectivity index (χ0v) is 7.16. The standard InChI is InChI=1S/C7H16N2O3/c1-5(8)2-7(12)9-6(3-10)4-11/h5-6,10-11H,2-4,8H2,1H3,(H,9,12). The van der Waals surface area contributed by atoms with Gasteiger partial charge >= 0.3 is 0 Å². The molecule has 0 aliphatic heterocycles. The second kappa shape index (κ2) is 5.93. The number of carbonyl (C=O) groups is 1. The first-order valence-electron chi connectivity index (χ1n) is 3.86. The fourth-order valence-electron chi connectivity index (χ4n) is 0.728. The quantitative estimate of drug-likeness (QED) is 0.397. The average Bonchev–Trinajstić information content (AvgIpc) is 1.98. The van der Waals surface area contributed by atoms with E-state index < -0.39 is 6.04 Å². The van der Waals surface area contributed by atoms with E-state index in [9.17, 15) is 4.79 Å². The zero-order valence-electron chi connectivity index (χ0n) is 7.16. The average molecular weight is 176 g/mol. The van der Waals surface area contributed by atoms with Crippen molar-refractivity contribution in [2.75, 3.05) is 13.2 Å². The first-order valence-corrected chi connectivity index (χ1v) is 3.86. The van der Waals surface area contributed by atoms with Crippen LogP contribution in [0.1, 0.15) is 13.3 Å². The molecular weight excluding hydrogens is 160 g/mol. The maximum Gasteiger partial charge on any atom is 0.221 e. The summed E-state index contributed by atoms with van der Waals surface area (Å²) in [5, 5.41) is 19.6. The Morgan fingerprint density at radius 1 is 1.50 bits per heavy atom. The SMILES string of the molecule is CC(N)CC(=O)NC(CO)CO. The van der Waals surface area contributed by atoms with Gasteiger partial charge in [0.2, 0.25) is 5.91 Å². The Hall–Kier alpha value is -0.650. The molecule has 0 aliphatic rings. The largest absolute Gasteiger partial charge is 0.394 e. The summed E-state index contributed by atoms with van der Waals surface area (Å²) in [4.78, 5) is 11.0. The van der Waals surface area contributed by atoms with Crippen molar-refractivity contribution in [1.29, 1.82) is 0 Å². The van der Waals surface area contributed by atoms with E-state index in [1.165, 1.54) is 0 Å². The fraction of sp³-hybridized carbons (Fsp3) is 0.857. The molecule has 0 saturated heterocycles. The molecule has 5 nitrogen and oxygen atoms in total. The molecule has 1 atom stereocenters. The normalized spacial score (nSPS) is 13.1. The van der Waals surface area contributed by atoms with Gasteiger partial charge in [0, 0.05) is 12.5 Å². The molecule has 0 aliphatic carbocycles. The van der Waals surface area contributed by atoms with E-state index in [0.717, 1.165) is 0 Å². The van der Waals surface area contributed by atoms with Crippen molar-refractivity contribution >= 4 is 5.91 Å². The third-order valence-corrected chi connectivity index (χ3v) is 1.31. The van der Waals surface area contributed by atoms with Crippen LogP contribution in [0.3, 0.4) is 0 Å². The van der Waals surface area contributed by atoms with Crippen LogP contribution in [0.15, 0.2) is 0 Å². The second-order valence-electron chi connectivity index (χ2n) is 2.81. The Balaban J connectivity index is 3.66. The number of nitrogens with one attached hydrogen (secondary N) is 1. The highest BCUT2D eigenvalue weighted by molar-refractivity contribution is 5.76. The van der Waals surface area contributed by atoms with E-state index >= 15 is 0 Å². The van der Waals surface area contributed by atoms with E-state index in [1.54, 1.807) is 6.92 Å². The van der Waals surface area contributed by atoms with Crippen molar-refractivity contribution in [2.45, 2.75) is 25.4 Å². The molecule has 5 heteroatoms. The Bertz CT molecular complexity index is 135. The van der Waals surface area contributed by atoms with Crippen LogP contribution in [0, 0.1) is 0 Å². The van der Waals surface area contributed by atoms with Crippen LogP contribution in [0.5, 0.6) is 0 Å². The van der Waals surface area contributed by atoms with Crippen molar-refractivity contribution in [1.82, 2.24) is 5.32 Å². The number of rotatable bonds is 5. The number of aliphatic hydroxyl groups excluding tert-OH is 2. The lowest BCUT2D eigenvalue weighted by atomic mass is 10.2. The molecule has 0 fully saturated rings. The molecule has 0 spiro atoms. The van der Waals surface area contributed by atoms with Gasteiger partial charge in [-0.05, 0) is 6.92 Å². The van der Waals surface area contributed by atoms with Crippen LogP contribution >= 0.6 is 0 Å². The third kappa shape index (κ3) is 5.06. The summed E-state index contributed by atoms with van der Waals surface area (Å²) in [5.74, 6) is -0.252. The monoisotopic (exact) mass is 176 g/mol. The third-order valence-electron chi connectivity index (χ3n) is 1.31. The molecule has 0 rings (SSSR count). The van der Waals surface area contributed by atoms with Gasteiger partial charge in [0.1, 0.15) is 0 Å². The molecule has 0 saturated carbocycles. The van der Waals surface area contributed by atoms with Gasteiger partial charge in [-0.2, -0.15) is 0 Å². The summed E-state index contributed by atoms with van der Waals surface area (Å²) in [6, 6.07) is -0.778. The summed E-state index contributed by atoms with van der Waals surface area (Å²) < 4.78 is 0. The predicted molar refractivity (Wildman–Crippen MR) is 44.4 cm³/mol. The van der Waals surface area contributed by atoms with Crippen molar-refractivity contribution in [3.63, 3.8) is 0 Å². The number of amides is 1. The maximum atomic E-state index is 11.0. The Kier molecular flexibility index (Phi) is 5.61. The van der Waals surface area contributed by atoms with E-state index in [1.807, 2.05) is 0 Å². The van der Waals surface area contributed by atoms with Crippen LogP contribution in [0.4, 0.5) is 0 Å². The van der Waals surface area contributed by atoms with Gasteiger partial charge in [-0.1, -0.05) is 0 Å². The summed E-state index contributed by atoms with van der Waals surface area (Å²) >= 11 is 0. The molecule has 72 valence electrons. The van der Waals surface area contributed by atoms with E-state index in [0.29, 0.717) is 0 Å².